The maximum absolute atomic E-state index is 14.2. The van der Waals surface area contributed by atoms with Crippen LogP contribution in [0, 0.1) is 35.4 Å². The van der Waals surface area contributed by atoms with E-state index in [1.165, 1.54) is 25.3 Å². The fourth-order valence-electron chi connectivity index (χ4n) is 5.37. The van der Waals surface area contributed by atoms with Gasteiger partial charge in [0.05, 0.1) is 11.1 Å². The molecule has 4 rings (SSSR count). The van der Waals surface area contributed by atoms with Crippen molar-refractivity contribution in [2.45, 2.75) is 31.3 Å². The summed E-state index contributed by atoms with van der Waals surface area (Å²) >= 11 is 5.87. The summed E-state index contributed by atoms with van der Waals surface area (Å²) in [7, 11) is 0. The van der Waals surface area contributed by atoms with Crippen molar-refractivity contribution in [1.82, 2.24) is 0 Å². The van der Waals surface area contributed by atoms with Gasteiger partial charge in [0.2, 0.25) is 0 Å². The third kappa shape index (κ3) is 1.97. The van der Waals surface area contributed by atoms with Crippen molar-refractivity contribution < 1.29 is 9.50 Å². The van der Waals surface area contributed by atoms with E-state index < -0.39 is 11.9 Å². The van der Waals surface area contributed by atoms with E-state index in [0.29, 0.717) is 23.3 Å². The Hall–Kier alpha value is -0.640. The molecule has 0 aliphatic heterocycles. The zero-order valence-electron chi connectivity index (χ0n) is 11.9. The highest BCUT2D eigenvalue weighted by Gasteiger charge is 2.67. The minimum Gasteiger partial charge on any atom is -0.392 e. The van der Waals surface area contributed by atoms with E-state index in [2.05, 4.69) is 0 Å². The Balaban J connectivity index is 1.58. The Kier molecular flexibility index (Phi) is 3.29. The topological polar surface area (TPSA) is 46.2 Å². The first-order valence-electron chi connectivity index (χ1n) is 7.95. The number of hydrogen-bond acceptors (Lipinski definition) is 2. The van der Waals surface area contributed by atoms with E-state index in [1.807, 2.05) is 0 Å². The molecule has 0 radical (unpaired) electrons. The number of aliphatic hydroxyl groups excluding tert-OH is 1. The van der Waals surface area contributed by atoms with Gasteiger partial charge in [-0.05, 0) is 60.5 Å². The minimum absolute atomic E-state index is 0.106. The summed E-state index contributed by atoms with van der Waals surface area (Å²) in [5, 5.41) is 10.9. The lowest BCUT2D eigenvalue weighted by Crippen LogP contribution is -2.30. The summed E-state index contributed by atoms with van der Waals surface area (Å²) in [6.07, 6.45) is 3.43. The van der Waals surface area contributed by atoms with Crippen molar-refractivity contribution in [2.75, 3.05) is 6.54 Å². The molecule has 3 N–H and O–H groups in total. The number of aliphatic hydroxyl groups is 1. The van der Waals surface area contributed by atoms with Crippen molar-refractivity contribution in [1.29, 1.82) is 0 Å². The normalized spacial score (nSPS) is 39.1. The van der Waals surface area contributed by atoms with Crippen LogP contribution >= 0.6 is 11.6 Å². The predicted octanol–water partition coefficient (Wildman–Crippen LogP) is 3.17. The van der Waals surface area contributed by atoms with Crippen LogP contribution in [0.15, 0.2) is 18.2 Å². The highest BCUT2D eigenvalue weighted by atomic mass is 35.5. The molecule has 6 unspecified atom stereocenters. The van der Waals surface area contributed by atoms with E-state index in [-0.39, 0.29) is 17.5 Å². The van der Waals surface area contributed by atoms with Crippen molar-refractivity contribution in [2.24, 2.45) is 35.3 Å². The summed E-state index contributed by atoms with van der Waals surface area (Å²) in [4.78, 5) is 0. The molecule has 2 bridgehead atoms. The largest absolute Gasteiger partial charge is 0.392 e. The summed E-state index contributed by atoms with van der Waals surface area (Å²) in [5.41, 5.74) is 6.32. The molecule has 114 valence electrons. The van der Waals surface area contributed by atoms with Gasteiger partial charge in [-0.15, -0.1) is 0 Å². The monoisotopic (exact) mass is 309 g/mol. The summed E-state index contributed by atoms with van der Waals surface area (Å²) < 4.78 is 14.2. The predicted molar refractivity (Wildman–Crippen MR) is 80.5 cm³/mol. The fourth-order valence-corrected chi connectivity index (χ4v) is 5.56. The molecular weight excluding hydrogens is 289 g/mol. The molecule has 1 aromatic rings. The lowest BCUT2D eigenvalue weighted by atomic mass is 9.86. The third-order valence-corrected chi connectivity index (χ3v) is 6.53. The molecule has 6 atom stereocenters. The van der Waals surface area contributed by atoms with Crippen LogP contribution in [-0.4, -0.2) is 17.8 Å². The van der Waals surface area contributed by atoms with E-state index in [9.17, 15) is 9.50 Å². The Bertz CT molecular complexity index is 550. The standard InChI is InChI=1S/C17H21ClFNO/c18-12-3-1-2-10(16(12)19)11(7-20)17(21)15-13-8-4-5-9(6-8)14(13)15/h1-3,8-9,11,13-15,17,21H,4-7,20H2. The highest BCUT2D eigenvalue weighted by molar-refractivity contribution is 6.30. The van der Waals surface area contributed by atoms with Crippen molar-refractivity contribution in [3.05, 3.63) is 34.6 Å². The Morgan fingerprint density at radius 3 is 2.57 bits per heavy atom. The quantitative estimate of drug-likeness (QED) is 0.897. The summed E-state index contributed by atoms with van der Waals surface area (Å²) in [6.45, 7) is 0.254. The molecule has 21 heavy (non-hydrogen) atoms. The Morgan fingerprint density at radius 1 is 1.29 bits per heavy atom. The molecule has 0 aromatic heterocycles. The van der Waals surface area contributed by atoms with E-state index in [0.717, 1.165) is 11.8 Å². The molecule has 2 nitrogen and oxygen atoms in total. The smallest absolute Gasteiger partial charge is 0.145 e. The van der Waals surface area contributed by atoms with Crippen LogP contribution in [-0.2, 0) is 0 Å². The minimum atomic E-state index is -0.540. The van der Waals surface area contributed by atoms with Crippen LogP contribution in [0.5, 0.6) is 0 Å². The lowest BCUT2D eigenvalue weighted by Gasteiger charge is -2.25. The van der Waals surface area contributed by atoms with Crippen LogP contribution in [0.1, 0.15) is 30.7 Å². The average Bonchev–Trinajstić information content (AvgIpc) is 2.92. The van der Waals surface area contributed by atoms with Gasteiger partial charge in [0.1, 0.15) is 5.82 Å². The van der Waals surface area contributed by atoms with Gasteiger partial charge in [-0.3, -0.25) is 0 Å². The van der Waals surface area contributed by atoms with E-state index in [4.69, 9.17) is 17.3 Å². The van der Waals surface area contributed by atoms with Gasteiger partial charge in [-0.25, -0.2) is 4.39 Å². The molecular formula is C17H21ClFNO. The van der Waals surface area contributed by atoms with E-state index in [1.54, 1.807) is 12.1 Å². The SMILES string of the molecule is NCC(c1cccc(Cl)c1F)C(O)C1C2C3CCC(C3)C21. The number of hydrogen-bond donors (Lipinski definition) is 2. The first-order valence-corrected chi connectivity index (χ1v) is 8.33. The summed E-state index contributed by atoms with van der Waals surface area (Å²) in [5.74, 6) is 2.46. The second-order valence-electron chi connectivity index (χ2n) is 7.04. The van der Waals surface area contributed by atoms with Crippen molar-refractivity contribution in [3.8, 4) is 0 Å². The number of rotatable bonds is 4. The molecule has 0 heterocycles. The van der Waals surface area contributed by atoms with Gasteiger partial charge in [-0.2, -0.15) is 0 Å². The maximum Gasteiger partial charge on any atom is 0.145 e. The number of nitrogens with two attached hydrogens (primary N) is 1. The van der Waals surface area contributed by atoms with Crippen LogP contribution in [0.4, 0.5) is 4.39 Å². The fraction of sp³-hybridized carbons (Fsp3) is 0.647. The Labute approximate surface area is 129 Å². The molecule has 0 spiro atoms. The zero-order chi connectivity index (χ0) is 14.7. The number of fused-ring (bicyclic) bond motifs is 5. The van der Waals surface area contributed by atoms with Crippen LogP contribution in [0.3, 0.4) is 0 Å². The van der Waals surface area contributed by atoms with Crippen LogP contribution in [0.25, 0.3) is 0 Å². The van der Waals surface area contributed by atoms with Crippen LogP contribution < -0.4 is 5.73 Å². The molecule has 4 heteroatoms. The third-order valence-electron chi connectivity index (χ3n) is 6.24. The first-order chi connectivity index (χ1) is 10.1. The lowest BCUT2D eigenvalue weighted by molar-refractivity contribution is 0.101. The molecule has 1 aromatic carbocycles. The number of benzene rings is 1. The Morgan fingerprint density at radius 2 is 1.95 bits per heavy atom. The molecule has 3 fully saturated rings. The van der Waals surface area contributed by atoms with Gasteiger partial charge >= 0.3 is 0 Å². The molecule has 3 aliphatic carbocycles. The zero-order valence-corrected chi connectivity index (χ0v) is 12.6. The molecule has 0 amide bonds. The maximum atomic E-state index is 14.2. The molecule has 0 saturated heterocycles. The van der Waals surface area contributed by atoms with Crippen molar-refractivity contribution >= 4 is 11.6 Å². The molecule has 3 aliphatic rings. The van der Waals surface area contributed by atoms with Gasteiger partial charge < -0.3 is 10.8 Å². The second-order valence-corrected chi connectivity index (χ2v) is 7.45. The van der Waals surface area contributed by atoms with Crippen molar-refractivity contribution in [3.63, 3.8) is 0 Å². The average molecular weight is 310 g/mol. The number of halogens is 2. The van der Waals surface area contributed by atoms with E-state index >= 15 is 0 Å². The van der Waals surface area contributed by atoms with Gasteiger partial charge in [0.25, 0.3) is 0 Å². The van der Waals surface area contributed by atoms with Gasteiger partial charge in [-0.1, -0.05) is 23.7 Å². The first kappa shape index (κ1) is 14.0. The highest BCUT2D eigenvalue weighted by Crippen LogP contribution is 2.71. The molecule has 3 saturated carbocycles. The van der Waals surface area contributed by atoms with Crippen LogP contribution in [0.2, 0.25) is 5.02 Å². The summed E-state index contributed by atoms with van der Waals surface area (Å²) in [6, 6.07) is 4.97. The second kappa shape index (κ2) is 4.94. The van der Waals surface area contributed by atoms with Gasteiger partial charge in [0.15, 0.2) is 0 Å². The van der Waals surface area contributed by atoms with Gasteiger partial charge in [0, 0.05) is 12.5 Å².